The Morgan fingerprint density at radius 1 is 0.892 bits per heavy atom. The molecule has 1 aromatic heterocycles. The van der Waals surface area contributed by atoms with Crippen LogP contribution in [0.15, 0.2) is 95.2 Å². The number of anilines is 2. The van der Waals surface area contributed by atoms with Crippen molar-refractivity contribution in [2.45, 2.75) is 6.54 Å². The largest absolute Gasteiger partial charge is 0.459 e. The van der Waals surface area contributed by atoms with Crippen LogP contribution in [-0.4, -0.2) is 23.5 Å². The summed E-state index contributed by atoms with van der Waals surface area (Å²) < 4.78 is 30.0. The van der Waals surface area contributed by atoms with Gasteiger partial charge in [0, 0.05) is 5.56 Å². The van der Waals surface area contributed by atoms with E-state index in [9.17, 15) is 14.0 Å². The van der Waals surface area contributed by atoms with Crippen molar-refractivity contribution in [1.29, 1.82) is 0 Å². The van der Waals surface area contributed by atoms with Crippen LogP contribution in [0.5, 0.6) is 11.5 Å². The number of rotatable bonds is 5. The lowest BCUT2D eigenvalue weighted by molar-refractivity contribution is -0.114. The molecule has 6 rings (SSSR count). The van der Waals surface area contributed by atoms with Gasteiger partial charge in [0.1, 0.15) is 11.5 Å². The van der Waals surface area contributed by atoms with E-state index in [1.807, 2.05) is 12.1 Å². The second kappa shape index (κ2) is 9.19. The van der Waals surface area contributed by atoms with Crippen molar-refractivity contribution in [3.63, 3.8) is 0 Å². The summed E-state index contributed by atoms with van der Waals surface area (Å²) in [5, 5.41) is 6.24. The summed E-state index contributed by atoms with van der Waals surface area (Å²) in [5.74, 6) is -0.296. The van der Waals surface area contributed by atoms with E-state index < -0.39 is 17.6 Å². The second-order valence-corrected chi connectivity index (χ2v) is 8.41. The van der Waals surface area contributed by atoms with Gasteiger partial charge in [-0.25, -0.2) is 4.39 Å². The fourth-order valence-electron chi connectivity index (χ4n) is 4.27. The molecule has 8 nitrogen and oxygen atoms in total. The summed E-state index contributed by atoms with van der Waals surface area (Å²) in [6, 6.07) is 21.4. The molecule has 2 N–H and O–H groups in total. The Morgan fingerprint density at radius 3 is 2.41 bits per heavy atom. The second-order valence-electron chi connectivity index (χ2n) is 8.41. The van der Waals surface area contributed by atoms with Crippen molar-refractivity contribution < 1.29 is 27.9 Å². The number of furan rings is 1. The van der Waals surface area contributed by atoms with Crippen LogP contribution in [0.25, 0.3) is 5.70 Å². The molecule has 0 bridgehead atoms. The molecule has 0 radical (unpaired) electrons. The molecule has 0 saturated heterocycles. The number of benzene rings is 3. The Bertz CT molecular complexity index is 1530. The Hall–Kier alpha value is -5.05. The Morgan fingerprint density at radius 2 is 1.65 bits per heavy atom. The zero-order valence-corrected chi connectivity index (χ0v) is 19.4. The van der Waals surface area contributed by atoms with Crippen molar-refractivity contribution in [1.82, 2.24) is 4.90 Å². The molecule has 2 amide bonds. The van der Waals surface area contributed by atoms with E-state index in [-0.39, 0.29) is 24.8 Å². The quantitative estimate of drug-likeness (QED) is 0.393. The minimum atomic E-state index is -0.537. The maximum atomic E-state index is 13.8. The lowest BCUT2D eigenvalue weighted by Gasteiger charge is -2.26. The molecule has 2 aliphatic heterocycles. The van der Waals surface area contributed by atoms with Gasteiger partial charge in [-0.2, -0.15) is 0 Å². The van der Waals surface area contributed by atoms with Gasteiger partial charge in [-0.05, 0) is 60.2 Å². The van der Waals surface area contributed by atoms with Gasteiger partial charge in [0.25, 0.3) is 11.8 Å². The number of nitrogens with one attached hydrogen (secondary N) is 2. The highest BCUT2D eigenvalue weighted by molar-refractivity contribution is 6.16. The van der Waals surface area contributed by atoms with Crippen molar-refractivity contribution in [2.24, 2.45) is 0 Å². The minimum Gasteiger partial charge on any atom is -0.459 e. The molecule has 0 fully saturated rings. The summed E-state index contributed by atoms with van der Waals surface area (Å²) in [6.45, 7) is 0.0732. The summed E-state index contributed by atoms with van der Waals surface area (Å²) in [4.78, 5) is 28.9. The van der Waals surface area contributed by atoms with Crippen LogP contribution in [0, 0.1) is 5.82 Å². The fourth-order valence-corrected chi connectivity index (χ4v) is 4.27. The average molecular weight is 497 g/mol. The minimum absolute atomic E-state index is 0.0192. The number of hydrogen-bond acceptors (Lipinski definition) is 6. The molecule has 0 spiro atoms. The first-order chi connectivity index (χ1) is 18.1. The SMILES string of the molecule is O=C1Nc2ccccc2NC(c2ccc3c(c2)OCO3)=C1N(Cc1ccc(F)cc1)C(=O)c1ccco1. The Balaban J connectivity index is 1.55. The van der Waals surface area contributed by atoms with Crippen LogP contribution in [-0.2, 0) is 11.3 Å². The highest BCUT2D eigenvalue weighted by Gasteiger charge is 2.33. The van der Waals surface area contributed by atoms with Gasteiger partial charge in [-0.15, -0.1) is 0 Å². The number of halogens is 1. The summed E-state index contributed by atoms with van der Waals surface area (Å²) in [5.41, 5.74) is 2.85. The van der Waals surface area contributed by atoms with Gasteiger partial charge in [-0.3, -0.25) is 14.5 Å². The number of hydrogen-bond donors (Lipinski definition) is 2. The number of amides is 2. The molecule has 0 saturated carbocycles. The van der Waals surface area contributed by atoms with Gasteiger partial charge >= 0.3 is 0 Å². The van der Waals surface area contributed by atoms with Gasteiger partial charge < -0.3 is 24.5 Å². The monoisotopic (exact) mass is 497 g/mol. The van der Waals surface area contributed by atoms with Crippen molar-refractivity contribution in [3.05, 3.63) is 114 Å². The predicted molar refractivity (Wildman–Crippen MR) is 133 cm³/mol. The van der Waals surface area contributed by atoms with Crippen molar-refractivity contribution in [3.8, 4) is 11.5 Å². The first kappa shape index (κ1) is 22.4. The molecule has 0 aliphatic carbocycles. The first-order valence-electron chi connectivity index (χ1n) is 11.5. The molecule has 37 heavy (non-hydrogen) atoms. The third-order valence-corrected chi connectivity index (χ3v) is 6.05. The van der Waals surface area contributed by atoms with E-state index >= 15 is 0 Å². The number of carbonyl (C=O) groups excluding carboxylic acids is 2. The number of para-hydroxylation sites is 2. The molecule has 3 heterocycles. The van der Waals surface area contributed by atoms with Crippen molar-refractivity contribution in [2.75, 3.05) is 17.4 Å². The van der Waals surface area contributed by atoms with Gasteiger partial charge in [0.05, 0.1) is 29.9 Å². The van der Waals surface area contributed by atoms with E-state index in [0.717, 1.165) is 0 Å². The van der Waals surface area contributed by atoms with Crippen molar-refractivity contribution >= 4 is 28.9 Å². The Kier molecular flexibility index (Phi) is 5.57. The van der Waals surface area contributed by atoms with Crippen LogP contribution >= 0.6 is 0 Å². The van der Waals surface area contributed by atoms with E-state index in [1.165, 1.54) is 29.4 Å². The maximum absolute atomic E-state index is 13.8. The van der Waals surface area contributed by atoms with E-state index in [1.54, 1.807) is 48.5 Å². The molecule has 3 aromatic carbocycles. The van der Waals surface area contributed by atoms with Crippen LogP contribution < -0.4 is 20.1 Å². The average Bonchev–Trinajstić information content (AvgIpc) is 3.59. The zero-order chi connectivity index (χ0) is 25.4. The smallest absolute Gasteiger partial charge is 0.294 e. The topological polar surface area (TPSA) is 93.0 Å². The fraction of sp³-hybridized carbons (Fsp3) is 0.0714. The van der Waals surface area contributed by atoms with E-state index in [2.05, 4.69) is 10.6 Å². The Labute approximate surface area is 210 Å². The highest BCUT2D eigenvalue weighted by Crippen LogP contribution is 2.38. The normalized spacial score (nSPS) is 13.9. The summed E-state index contributed by atoms with van der Waals surface area (Å²) in [6.07, 6.45) is 1.39. The molecular weight excluding hydrogens is 477 g/mol. The van der Waals surface area contributed by atoms with Crippen LogP contribution in [0.4, 0.5) is 15.8 Å². The molecule has 0 unspecified atom stereocenters. The van der Waals surface area contributed by atoms with Gasteiger partial charge in [-0.1, -0.05) is 24.3 Å². The summed E-state index contributed by atoms with van der Waals surface area (Å²) >= 11 is 0. The van der Waals surface area contributed by atoms with E-state index in [0.29, 0.717) is 39.7 Å². The zero-order valence-electron chi connectivity index (χ0n) is 19.4. The number of fused-ring (bicyclic) bond motifs is 2. The summed E-state index contributed by atoms with van der Waals surface area (Å²) in [7, 11) is 0. The maximum Gasteiger partial charge on any atom is 0.294 e. The standard InChI is InChI=1S/C28H20FN3O5/c29-19-10-7-17(8-11-19)15-32(28(34)23-6-3-13-35-23)26-25(18-9-12-22-24(14-18)37-16-36-22)30-20-4-1-2-5-21(20)31-27(26)33/h1-14,30H,15-16H2,(H,31,33). The number of carbonyl (C=O) groups is 2. The van der Waals surface area contributed by atoms with Gasteiger partial charge in [0.15, 0.2) is 17.3 Å². The number of ether oxygens (including phenoxy) is 2. The van der Waals surface area contributed by atoms with Crippen LogP contribution in [0.1, 0.15) is 21.7 Å². The lowest BCUT2D eigenvalue weighted by atomic mass is 10.1. The van der Waals surface area contributed by atoms with Gasteiger partial charge in [0.2, 0.25) is 6.79 Å². The number of nitrogens with zero attached hydrogens (tertiary/aromatic N) is 1. The molecular formula is C28H20FN3O5. The molecule has 0 atom stereocenters. The predicted octanol–water partition coefficient (Wildman–Crippen LogP) is 5.22. The molecule has 2 aliphatic rings. The highest BCUT2D eigenvalue weighted by atomic mass is 19.1. The van der Waals surface area contributed by atoms with Crippen LogP contribution in [0.3, 0.4) is 0 Å². The third-order valence-electron chi connectivity index (χ3n) is 6.05. The lowest BCUT2D eigenvalue weighted by Crippen LogP contribution is -2.36. The molecule has 184 valence electrons. The first-order valence-corrected chi connectivity index (χ1v) is 11.5. The van der Waals surface area contributed by atoms with Crippen LogP contribution in [0.2, 0.25) is 0 Å². The van der Waals surface area contributed by atoms with E-state index in [4.69, 9.17) is 13.9 Å². The molecule has 4 aromatic rings. The third kappa shape index (κ3) is 4.27. The molecule has 9 heteroatoms.